The Morgan fingerprint density at radius 3 is 2.43 bits per heavy atom. The number of amides is 2. The first kappa shape index (κ1) is 19.0. The van der Waals surface area contributed by atoms with Crippen molar-refractivity contribution >= 4 is 34.8 Å². The Morgan fingerprint density at radius 1 is 1.07 bits per heavy atom. The van der Waals surface area contributed by atoms with Crippen LogP contribution in [0.4, 0.5) is 11.4 Å². The number of nitrogens with zero attached hydrogens (tertiary/aromatic N) is 1. The van der Waals surface area contributed by atoms with Gasteiger partial charge in [0, 0.05) is 29.4 Å². The fourth-order valence-corrected chi connectivity index (χ4v) is 4.65. The Morgan fingerprint density at radius 2 is 1.79 bits per heavy atom. The Bertz CT molecular complexity index is 901. The minimum absolute atomic E-state index is 0.0230. The minimum Gasteiger partial charge on any atom is -0.325 e. The Labute approximate surface area is 170 Å². The number of carbonyl (C=O) groups excluding carboxylic acids is 2. The molecule has 4 nitrogen and oxygen atoms in total. The van der Waals surface area contributed by atoms with Crippen molar-refractivity contribution in [3.63, 3.8) is 0 Å². The van der Waals surface area contributed by atoms with Gasteiger partial charge >= 0.3 is 0 Å². The molecule has 1 N–H and O–H groups in total. The topological polar surface area (TPSA) is 49.4 Å². The SMILES string of the molecule is Cc1ccc(NC(=O)C2(c3ccc(Cl)cc3)CCCC2)cc1N1CCCC1=O. The first-order chi connectivity index (χ1) is 13.5. The molecule has 28 heavy (non-hydrogen) atoms. The molecule has 0 atom stereocenters. The van der Waals surface area contributed by atoms with Crippen LogP contribution in [0.25, 0.3) is 0 Å². The Balaban J connectivity index is 1.62. The fourth-order valence-electron chi connectivity index (χ4n) is 4.53. The number of anilines is 2. The lowest BCUT2D eigenvalue weighted by Gasteiger charge is -2.29. The zero-order chi connectivity index (χ0) is 19.7. The van der Waals surface area contributed by atoms with E-state index in [0.29, 0.717) is 11.4 Å². The van der Waals surface area contributed by atoms with Gasteiger partial charge in [0.05, 0.1) is 5.41 Å². The summed E-state index contributed by atoms with van der Waals surface area (Å²) in [6.07, 6.45) is 5.23. The van der Waals surface area contributed by atoms with E-state index < -0.39 is 5.41 Å². The highest BCUT2D eigenvalue weighted by Crippen LogP contribution is 2.42. The third-order valence-electron chi connectivity index (χ3n) is 6.12. The molecule has 2 aliphatic rings. The van der Waals surface area contributed by atoms with Crippen LogP contribution < -0.4 is 10.2 Å². The van der Waals surface area contributed by atoms with Crippen molar-refractivity contribution in [1.29, 1.82) is 0 Å². The average Bonchev–Trinajstić information content (AvgIpc) is 3.34. The summed E-state index contributed by atoms with van der Waals surface area (Å²) in [4.78, 5) is 27.4. The van der Waals surface area contributed by atoms with Crippen LogP contribution in [-0.4, -0.2) is 18.4 Å². The van der Waals surface area contributed by atoms with Gasteiger partial charge in [-0.15, -0.1) is 0 Å². The molecule has 1 saturated heterocycles. The lowest BCUT2D eigenvalue weighted by Crippen LogP contribution is -2.38. The molecule has 4 rings (SSSR count). The number of aryl methyl sites for hydroxylation is 1. The molecule has 2 aromatic rings. The van der Waals surface area contributed by atoms with Crippen LogP contribution in [0.3, 0.4) is 0 Å². The van der Waals surface area contributed by atoms with Gasteiger partial charge in [0.2, 0.25) is 11.8 Å². The van der Waals surface area contributed by atoms with Crippen LogP contribution >= 0.6 is 11.6 Å². The first-order valence-electron chi connectivity index (χ1n) is 9.98. The van der Waals surface area contributed by atoms with E-state index in [2.05, 4.69) is 5.32 Å². The molecule has 2 fully saturated rings. The normalized spacial score (nSPS) is 18.5. The van der Waals surface area contributed by atoms with Gasteiger partial charge in [-0.05, 0) is 61.6 Å². The van der Waals surface area contributed by atoms with E-state index in [1.165, 1.54) is 0 Å². The van der Waals surface area contributed by atoms with Crippen molar-refractivity contribution in [3.8, 4) is 0 Å². The maximum atomic E-state index is 13.4. The quantitative estimate of drug-likeness (QED) is 0.769. The van der Waals surface area contributed by atoms with Crippen molar-refractivity contribution in [2.75, 3.05) is 16.8 Å². The standard InChI is InChI=1S/C23H25ClN2O2/c1-16-6-11-19(15-20(16)26-14-4-5-21(26)27)25-22(28)23(12-2-3-13-23)17-7-9-18(24)10-8-17/h6-11,15H,2-5,12-14H2,1H3,(H,25,28). The predicted octanol–water partition coefficient (Wildman–Crippen LogP) is 5.23. The van der Waals surface area contributed by atoms with Crippen molar-refractivity contribution in [1.82, 2.24) is 0 Å². The second-order valence-corrected chi connectivity index (χ2v) is 8.34. The van der Waals surface area contributed by atoms with E-state index in [0.717, 1.165) is 61.2 Å². The van der Waals surface area contributed by atoms with E-state index >= 15 is 0 Å². The summed E-state index contributed by atoms with van der Waals surface area (Å²) in [5.41, 5.74) is 3.19. The van der Waals surface area contributed by atoms with Crippen LogP contribution in [0.15, 0.2) is 42.5 Å². The second kappa shape index (κ2) is 7.59. The summed E-state index contributed by atoms with van der Waals surface area (Å²) >= 11 is 6.05. The number of carbonyl (C=O) groups is 2. The number of halogens is 1. The van der Waals surface area contributed by atoms with Gasteiger partial charge in [-0.25, -0.2) is 0 Å². The Kier molecular flexibility index (Phi) is 5.15. The van der Waals surface area contributed by atoms with Crippen molar-refractivity contribution in [2.24, 2.45) is 0 Å². The largest absolute Gasteiger partial charge is 0.325 e. The molecule has 2 amide bonds. The summed E-state index contributed by atoms with van der Waals surface area (Å²) in [7, 11) is 0. The summed E-state index contributed by atoms with van der Waals surface area (Å²) < 4.78 is 0. The molecule has 0 bridgehead atoms. The highest BCUT2D eigenvalue weighted by Gasteiger charge is 2.42. The van der Waals surface area contributed by atoms with Crippen LogP contribution in [0.2, 0.25) is 5.02 Å². The van der Waals surface area contributed by atoms with Crippen LogP contribution in [-0.2, 0) is 15.0 Å². The molecular formula is C23H25ClN2O2. The number of rotatable bonds is 4. The van der Waals surface area contributed by atoms with Gasteiger partial charge in [0.1, 0.15) is 0 Å². The molecule has 1 aliphatic carbocycles. The van der Waals surface area contributed by atoms with Gasteiger partial charge in [-0.3, -0.25) is 9.59 Å². The minimum atomic E-state index is -0.515. The lowest BCUT2D eigenvalue weighted by molar-refractivity contribution is -0.121. The van der Waals surface area contributed by atoms with Crippen LogP contribution in [0, 0.1) is 6.92 Å². The molecule has 0 radical (unpaired) electrons. The zero-order valence-electron chi connectivity index (χ0n) is 16.1. The van der Waals surface area contributed by atoms with E-state index in [9.17, 15) is 9.59 Å². The van der Waals surface area contributed by atoms with E-state index in [1.807, 2.05) is 54.3 Å². The van der Waals surface area contributed by atoms with E-state index in [-0.39, 0.29) is 11.8 Å². The lowest BCUT2D eigenvalue weighted by atomic mass is 9.78. The molecular weight excluding hydrogens is 372 g/mol. The fraction of sp³-hybridized carbons (Fsp3) is 0.391. The molecule has 2 aromatic carbocycles. The van der Waals surface area contributed by atoms with Gasteiger partial charge in [0.25, 0.3) is 0 Å². The van der Waals surface area contributed by atoms with E-state index in [1.54, 1.807) is 0 Å². The summed E-state index contributed by atoms with van der Waals surface area (Å²) in [6.45, 7) is 2.74. The maximum Gasteiger partial charge on any atom is 0.235 e. The summed E-state index contributed by atoms with van der Waals surface area (Å²) in [5.74, 6) is 0.176. The molecule has 1 saturated carbocycles. The van der Waals surface area contributed by atoms with E-state index in [4.69, 9.17) is 11.6 Å². The van der Waals surface area contributed by atoms with Crippen molar-refractivity contribution in [3.05, 3.63) is 58.6 Å². The molecule has 5 heteroatoms. The smallest absolute Gasteiger partial charge is 0.235 e. The third kappa shape index (κ3) is 3.42. The molecule has 146 valence electrons. The molecule has 0 aromatic heterocycles. The number of hydrogen-bond acceptors (Lipinski definition) is 2. The monoisotopic (exact) mass is 396 g/mol. The molecule has 1 heterocycles. The van der Waals surface area contributed by atoms with Gasteiger partial charge < -0.3 is 10.2 Å². The van der Waals surface area contributed by atoms with Gasteiger partial charge in [-0.1, -0.05) is 42.6 Å². The predicted molar refractivity (Wildman–Crippen MR) is 113 cm³/mol. The first-order valence-corrected chi connectivity index (χ1v) is 10.4. The average molecular weight is 397 g/mol. The second-order valence-electron chi connectivity index (χ2n) is 7.90. The number of benzene rings is 2. The van der Waals surface area contributed by atoms with Gasteiger partial charge in [0.15, 0.2) is 0 Å². The maximum absolute atomic E-state index is 13.4. The number of hydrogen-bond donors (Lipinski definition) is 1. The van der Waals surface area contributed by atoms with Crippen molar-refractivity contribution in [2.45, 2.75) is 50.9 Å². The highest BCUT2D eigenvalue weighted by molar-refractivity contribution is 6.30. The van der Waals surface area contributed by atoms with Crippen molar-refractivity contribution < 1.29 is 9.59 Å². The highest BCUT2D eigenvalue weighted by atomic mass is 35.5. The van der Waals surface area contributed by atoms with Gasteiger partial charge in [-0.2, -0.15) is 0 Å². The number of nitrogens with one attached hydrogen (secondary N) is 1. The summed E-state index contributed by atoms with van der Waals surface area (Å²) in [6, 6.07) is 13.5. The molecule has 0 spiro atoms. The summed E-state index contributed by atoms with van der Waals surface area (Å²) in [5, 5.41) is 3.81. The van der Waals surface area contributed by atoms with Crippen LogP contribution in [0.5, 0.6) is 0 Å². The Hall–Kier alpha value is -2.33. The molecule has 1 aliphatic heterocycles. The van der Waals surface area contributed by atoms with Crippen LogP contribution in [0.1, 0.15) is 49.7 Å². The third-order valence-corrected chi connectivity index (χ3v) is 6.37. The molecule has 0 unspecified atom stereocenters. The zero-order valence-corrected chi connectivity index (χ0v) is 16.9.